The number of imide groups is 1. The average Bonchev–Trinajstić information content (AvgIpc) is 2.98. The van der Waals surface area contributed by atoms with Crippen molar-refractivity contribution in [1.82, 2.24) is 10.2 Å². The molecule has 0 aliphatic carbocycles. The second-order valence-electron chi connectivity index (χ2n) is 7.25. The summed E-state index contributed by atoms with van der Waals surface area (Å²) in [7, 11) is 0. The minimum absolute atomic E-state index is 0.409. The minimum Gasteiger partial charge on any atom is -0.325 e. The number of rotatable bonds is 4. The summed E-state index contributed by atoms with van der Waals surface area (Å²) in [5.74, 6) is -0.997. The number of carbonyl (C=O) groups is 3. The number of fused-ring (bicyclic) bond motifs is 1. The van der Waals surface area contributed by atoms with Gasteiger partial charge in [-0.05, 0) is 53.6 Å². The van der Waals surface area contributed by atoms with Crippen LogP contribution >= 0.6 is 0 Å². The van der Waals surface area contributed by atoms with Crippen molar-refractivity contribution in [2.24, 2.45) is 0 Å². The highest BCUT2D eigenvalue weighted by Crippen LogP contribution is 2.31. The second-order valence-corrected chi connectivity index (χ2v) is 7.25. The molecule has 0 aromatic heterocycles. The maximum absolute atomic E-state index is 13.1. The molecule has 3 aromatic rings. The Morgan fingerprint density at radius 1 is 1.07 bits per heavy atom. The molecule has 1 atom stereocenters. The Labute approximate surface area is 172 Å². The number of amides is 4. The molecular formula is C23H18N4O3. The molecule has 1 aliphatic heterocycles. The lowest BCUT2D eigenvalue weighted by Gasteiger charge is -2.22. The number of nitrogens with zero attached hydrogens (tertiary/aromatic N) is 2. The van der Waals surface area contributed by atoms with Crippen LogP contribution in [0.3, 0.4) is 0 Å². The number of urea groups is 1. The summed E-state index contributed by atoms with van der Waals surface area (Å²) >= 11 is 0. The van der Waals surface area contributed by atoms with Crippen LogP contribution in [0, 0.1) is 11.3 Å². The summed E-state index contributed by atoms with van der Waals surface area (Å²) in [6.45, 7) is 1.23. The van der Waals surface area contributed by atoms with Crippen LogP contribution in [0.25, 0.3) is 10.8 Å². The van der Waals surface area contributed by atoms with Crippen molar-refractivity contribution < 1.29 is 14.4 Å². The van der Waals surface area contributed by atoms with Gasteiger partial charge in [0.05, 0.1) is 11.6 Å². The fourth-order valence-corrected chi connectivity index (χ4v) is 3.51. The van der Waals surface area contributed by atoms with E-state index in [4.69, 9.17) is 5.26 Å². The first kappa shape index (κ1) is 19.2. The van der Waals surface area contributed by atoms with Gasteiger partial charge in [0.15, 0.2) is 0 Å². The molecule has 0 saturated carbocycles. The van der Waals surface area contributed by atoms with Crippen LogP contribution in [0.5, 0.6) is 0 Å². The van der Waals surface area contributed by atoms with Gasteiger partial charge in [-0.3, -0.25) is 14.5 Å². The minimum atomic E-state index is -1.25. The van der Waals surface area contributed by atoms with Crippen LogP contribution in [0.15, 0.2) is 66.7 Å². The molecule has 1 fully saturated rings. The summed E-state index contributed by atoms with van der Waals surface area (Å²) in [5, 5.41) is 16.2. The molecule has 148 valence electrons. The van der Waals surface area contributed by atoms with Gasteiger partial charge in [0.25, 0.3) is 5.91 Å². The predicted molar refractivity (Wildman–Crippen MR) is 111 cm³/mol. The summed E-state index contributed by atoms with van der Waals surface area (Å²) in [6, 6.07) is 21.0. The molecule has 1 unspecified atom stereocenters. The zero-order valence-electron chi connectivity index (χ0n) is 16.2. The monoisotopic (exact) mass is 398 g/mol. The Balaban J connectivity index is 1.52. The largest absolute Gasteiger partial charge is 0.325 e. The lowest BCUT2D eigenvalue weighted by atomic mass is 9.90. The van der Waals surface area contributed by atoms with Crippen LogP contribution in [-0.4, -0.2) is 29.3 Å². The van der Waals surface area contributed by atoms with E-state index < -0.39 is 29.9 Å². The Morgan fingerprint density at radius 3 is 2.47 bits per heavy atom. The first-order chi connectivity index (χ1) is 14.4. The van der Waals surface area contributed by atoms with Gasteiger partial charge in [-0.25, -0.2) is 4.79 Å². The second kappa shape index (κ2) is 7.33. The van der Waals surface area contributed by atoms with Crippen LogP contribution in [0.1, 0.15) is 18.1 Å². The van der Waals surface area contributed by atoms with Gasteiger partial charge in [-0.15, -0.1) is 0 Å². The van der Waals surface area contributed by atoms with Gasteiger partial charge >= 0.3 is 6.03 Å². The normalized spacial score (nSPS) is 18.2. The first-order valence-corrected chi connectivity index (χ1v) is 9.34. The van der Waals surface area contributed by atoms with Crippen LogP contribution in [0.4, 0.5) is 10.5 Å². The topological polar surface area (TPSA) is 102 Å². The van der Waals surface area contributed by atoms with Gasteiger partial charge in [0, 0.05) is 5.69 Å². The zero-order chi connectivity index (χ0) is 21.3. The summed E-state index contributed by atoms with van der Waals surface area (Å²) in [4.78, 5) is 38.9. The Morgan fingerprint density at radius 2 is 1.77 bits per heavy atom. The van der Waals surface area contributed by atoms with E-state index in [1.165, 1.54) is 0 Å². The molecule has 30 heavy (non-hydrogen) atoms. The summed E-state index contributed by atoms with van der Waals surface area (Å²) < 4.78 is 0. The molecule has 4 amide bonds. The van der Waals surface area contributed by atoms with E-state index in [-0.39, 0.29) is 0 Å². The number of hydrogen-bond acceptors (Lipinski definition) is 4. The molecule has 3 aromatic carbocycles. The molecule has 0 radical (unpaired) electrons. The zero-order valence-corrected chi connectivity index (χ0v) is 16.2. The molecule has 0 bridgehead atoms. The fraction of sp³-hybridized carbons (Fsp3) is 0.130. The van der Waals surface area contributed by atoms with Crippen molar-refractivity contribution in [3.63, 3.8) is 0 Å². The van der Waals surface area contributed by atoms with E-state index in [0.29, 0.717) is 16.8 Å². The summed E-state index contributed by atoms with van der Waals surface area (Å²) in [6.07, 6.45) is 0. The molecule has 2 N–H and O–H groups in total. The van der Waals surface area contributed by atoms with Crippen LogP contribution in [0.2, 0.25) is 0 Å². The SMILES string of the molecule is CC1(c2ccc3ccccc3c2)NC(=O)N(CC(=O)Nc2ccc(C#N)cc2)C1=O. The van der Waals surface area contributed by atoms with E-state index >= 15 is 0 Å². The third-order valence-corrected chi connectivity index (χ3v) is 5.20. The van der Waals surface area contributed by atoms with E-state index in [9.17, 15) is 14.4 Å². The Bertz CT molecular complexity index is 1210. The van der Waals surface area contributed by atoms with Crippen molar-refractivity contribution in [2.45, 2.75) is 12.5 Å². The number of hydrogen-bond donors (Lipinski definition) is 2. The van der Waals surface area contributed by atoms with Crippen molar-refractivity contribution in [3.05, 3.63) is 77.9 Å². The number of anilines is 1. The van der Waals surface area contributed by atoms with Gasteiger partial charge in [-0.1, -0.05) is 36.4 Å². The quantitative estimate of drug-likeness (QED) is 0.659. The standard InChI is InChI=1S/C23H18N4O3/c1-23(18-9-8-16-4-2-3-5-17(16)12-18)21(29)27(22(30)26-23)14-20(28)25-19-10-6-15(13-24)7-11-19/h2-12H,14H2,1H3,(H,25,28)(H,26,30). The van der Waals surface area contributed by atoms with Crippen LogP contribution in [-0.2, 0) is 15.1 Å². The molecule has 4 rings (SSSR count). The molecule has 7 heteroatoms. The Kier molecular flexibility index (Phi) is 4.68. The van der Waals surface area contributed by atoms with Gasteiger partial charge in [0.1, 0.15) is 12.1 Å². The van der Waals surface area contributed by atoms with E-state index in [1.807, 2.05) is 42.5 Å². The van der Waals surface area contributed by atoms with Gasteiger partial charge in [-0.2, -0.15) is 5.26 Å². The molecular weight excluding hydrogens is 380 g/mol. The molecule has 7 nitrogen and oxygen atoms in total. The van der Waals surface area contributed by atoms with Crippen molar-refractivity contribution in [1.29, 1.82) is 5.26 Å². The van der Waals surface area contributed by atoms with E-state index in [2.05, 4.69) is 10.6 Å². The first-order valence-electron chi connectivity index (χ1n) is 9.34. The highest BCUT2D eigenvalue weighted by Gasteiger charge is 2.49. The van der Waals surface area contributed by atoms with E-state index in [1.54, 1.807) is 37.3 Å². The molecule has 1 saturated heterocycles. The highest BCUT2D eigenvalue weighted by atomic mass is 16.2. The number of carbonyl (C=O) groups excluding carboxylic acids is 3. The van der Waals surface area contributed by atoms with Gasteiger partial charge < -0.3 is 10.6 Å². The summed E-state index contributed by atoms with van der Waals surface area (Å²) in [5.41, 5.74) is 0.335. The lowest BCUT2D eigenvalue weighted by molar-refractivity contribution is -0.133. The highest BCUT2D eigenvalue weighted by molar-refractivity contribution is 6.10. The Hall–Kier alpha value is -4.18. The maximum atomic E-state index is 13.1. The third kappa shape index (κ3) is 3.35. The van der Waals surface area contributed by atoms with Crippen molar-refractivity contribution >= 4 is 34.3 Å². The molecule has 0 spiro atoms. The number of nitriles is 1. The van der Waals surface area contributed by atoms with Crippen molar-refractivity contribution in [2.75, 3.05) is 11.9 Å². The smallest absolute Gasteiger partial charge is 0.325 e. The van der Waals surface area contributed by atoms with Crippen molar-refractivity contribution in [3.8, 4) is 6.07 Å². The number of nitrogens with one attached hydrogen (secondary N) is 2. The fourth-order valence-electron chi connectivity index (χ4n) is 3.51. The maximum Gasteiger partial charge on any atom is 0.325 e. The van der Waals surface area contributed by atoms with Gasteiger partial charge in [0.2, 0.25) is 5.91 Å². The average molecular weight is 398 g/mol. The third-order valence-electron chi connectivity index (χ3n) is 5.20. The lowest BCUT2D eigenvalue weighted by Crippen LogP contribution is -2.42. The van der Waals surface area contributed by atoms with E-state index in [0.717, 1.165) is 15.7 Å². The van der Waals surface area contributed by atoms with Crippen LogP contribution < -0.4 is 10.6 Å². The predicted octanol–water partition coefficient (Wildman–Crippen LogP) is 3.12. The molecule has 1 aliphatic rings. The number of benzene rings is 3. The molecule has 1 heterocycles.